The number of nitrogens with zero attached hydrogens (tertiary/aromatic N) is 1. The molecule has 2 rings (SSSR count). The fraction of sp³-hybridized carbons (Fsp3) is 0.462. The van der Waals surface area contributed by atoms with E-state index in [1.165, 1.54) is 0 Å². The number of rotatable bonds is 3. The normalized spacial score (nSPS) is 19.2. The number of hydrogen-bond acceptors (Lipinski definition) is 3. The summed E-state index contributed by atoms with van der Waals surface area (Å²) in [6.07, 6.45) is 0. The van der Waals surface area contributed by atoms with Crippen molar-refractivity contribution < 1.29 is 9.53 Å². The van der Waals surface area contributed by atoms with Gasteiger partial charge >= 0.3 is 0 Å². The summed E-state index contributed by atoms with van der Waals surface area (Å²) in [5.41, 5.74) is 0.907. The minimum absolute atomic E-state index is 0.01000. The summed E-state index contributed by atoms with van der Waals surface area (Å²) in [5, 5.41) is 4.28. The fourth-order valence-corrected chi connectivity index (χ4v) is 2.62. The maximum atomic E-state index is 12.2. The van der Waals surface area contributed by atoms with Crippen LogP contribution in [0.1, 0.15) is 5.56 Å². The Labute approximate surface area is 122 Å². The second-order valence-corrected chi connectivity index (χ2v) is 5.43. The SMILES string of the molecule is CN(Cc1cc(Cl)cc(Cl)c1)C(=O)C1COCCN1. The summed E-state index contributed by atoms with van der Waals surface area (Å²) in [6.45, 7) is 2.24. The summed E-state index contributed by atoms with van der Waals surface area (Å²) >= 11 is 11.9. The quantitative estimate of drug-likeness (QED) is 0.928. The highest BCUT2D eigenvalue weighted by Crippen LogP contribution is 2.20. The molecule has 1 unspecified atom stereocenters. The summed E-state index contributed by atoms with van der Waals surface area (Å²) in [6, 6.07) is 5.02. The summed E-state index contributed by atoms with van der Waals surface area (Å²) in [4.78, 5) is 13.8. The Morgan fingerprint density at radius 1 is 1.42 bits per heavy atom. The van der Waals surface area contributed by atoms with Crippen molar-refractivity contribution in [2.24, 2.45) is 0 Å². The van der Waals surface area contributed by atoms with Crippen molar-refractivity contribution in [1.82, 2.24) is 10.2 Å². The highest BCUT2D eigenvalue weighted by atomic mass is 35.5. The minimum Gasteiger partial charge on any atom is -0.378 e. The molecule has 0 radical (unpaired) electrons. The molecule has 4 nitrogen and oxygen atoms in total. The molecule has 104 valence electrons. The molecule has 0 spiro atoms. The van der Waals surface area contributed by atoms with Crippen LogP contribution < -0.4 is 5.32 Å². The van der Waals surface area contributed by atoms with E-state index in [4.69, 9.17) is 27.9 Å². The lowest BCUT2D eigenvalue weighted by Crippen LogP contribution is -2.51. The van der Waals surface area contributed by atoms with E-state index in [-0.39, 0.29) is 11.9 Å². The topological polar surface area (TPSA) is 41.6 Å². The van der Waals surface area contributed by atoms with E-state index in [1.807, 2.05) is 12.1 Å². The molecule has 0 aliphatic carbocycles. The second kappa shape index (κ2) is 6.57. The van der Waals surface area contributed by atoms with Crippen molar-refractivity contribution >= 4 is 29.1 Å². The Hall–Kier alpha value is -0.810. The monoisotopic (exact) mass is 302 g/mol. The van der Waals surface area contributed by atoms with Gasteiger partial charge in [-0.25, -0.2) is 0 Å². The van der Waals surface area contributed by atoms with Gasteiger partial charge < -0.3 is 15.0 Å². The third kappa shape index (κ3) is 4.08. The maximum Gasteiger partial charge on any atom is 0.242 e. The highest BCUT2D eigenvalue weighted by molar-refractivity contribution is 6.34. The predicted molar refractivity (Wildman–Crippen MR) is 75.5 cm³/mol. The molecule has 1 N–H and O–H groups in total. The standard InChI is InChI=1S/C13H16Cl2N2O2/c1-17(13(18)12-8-19-3-2-16-12)7-9-4-10(14)6-11(15)5-9/h4-6,12,16H,2-3,7-8H2,1H3. The van der Waals surface area contributed by atoms with E-state index in [1.54, 1.807) is 18.0 Å². The van der Waals surface area contributed by atoms with Crippen LogP contribution in [0, 0.1) is 0 Å². The van der Waals surface area contributed by atoms with Gasteiger partial charge in [0.1, 0.15) is 6.04 Å². The van der Waals surface area contributed by atoms with Gasteiger partial charge in [0.05, 0.1) is 13.2 Å². The van der Waals surface area contributed by atoms with Gasteiger partial charge in [0.15, 0.2) is 0 Å². The molecule has 1 aliphatic rings. The molecule has 19 heavy (non-hydrogen) atoms. The smallest absolute Gasteiger partial charge is 0.242 e. The maximum absolute atomic E-state index is 12.2. The zero-order valence-corrected chi connectivity index (χ0v) is 12.2. The van der Waals surface area contributed by atoms with Crippen LogP contribution in [-0.4, -0.2) is 43.7 Å². The number of ether oxygens (including phenoxy) is 1. The number of amides is 1. The summed E-state index contributed by atoms with van der Waals surface area (Å²) in [5.74, 6) is 0.01000. The van der Waals surface area contributed by atoms with Crippen molar-refractivity contribution in [3.8, 4) is 0 Å². The molecule has 1 amide bonds. The van der Waals surface area contributed by atoms with Gasteiger partial charge in [-0.1, -0.05) is 23.2 Å². The Balaban J connectivity index is 1.99. The lowest BCUT2D eigenvalue weighted by atomic mass is 10.2. The van der Waals surface area contributed by atoms with Gasteiger partial charge in [0, 0.05) is 30.2 Å². The van der Waals surface area contributed by atoms with Crippen LogP contribution >= 0.6 is 23.2 Å². The molecule has 1 aliphatic heterocycles. The molecule has 6 heteroatoms. The largest absolute Gasteiger partial charge is 0.378 e. The van der Waals surface area contributed by atoms with Crippen molar-refractivity contribution in [3.63, 3.8) is 0 Å². The van der Waals surface area contributed by atoms with E-state index in [2.05, 4.69) is 5.32 Å². The van der Waals surface area contributed by atoms with Crippen molar-refractivity contribution in [3.05, 3.63) is 33.8 Å². The fourth-order valence-electron chi connectivity index (χ4n) is 2.04. The lowest BCUT2D eigenvalue weighted by molar-refractivity contribution is -0.135. The number of hydrogen-bond donors (Lipinski definition) is 1. The first-order valence-corrected chi connectivity index (χ1v) is 6.83. The second-order valence-electron chi connectivity index (χ2n) is 4.55. The number of carbonyl (C=O) groups is 1. The Morgan fingerprint density at radius 2 is 2.11 bits per heavy atom. The zero-order valence-electron chi connectivity index (χ0n) is 10.7. The van der Waals surface area contributed by atoms with E-state index < -0.39 is 0 Å². The first-order valence-electron chi connectivity index (χ1n) is 6.07. The minimum atomic E-state index is -0.270. The predicted octanol–water partition coefficient (Wildman–Crippen LogP) is 1.94. The molecule has 0 saturated carbocycles. The average molecular weight is 303 g/mol. The summed E-state index contributed by atoms with van der Waals surface area (Å²) < 4.78 is 5.29. The number of likely N-dealkylation sites (N-methyl/N-ethyl adjacent to an activating group) is 1. The molecule has 1 saturated heterocycles. The third-order valence-corrected chi connectivity index (χ3v) is 3.37. The number of morpholine rings is 1. The van der Waals surface area contributed by atoms with Crippen LogP contribution in [0.4, 0.5) is 0 Å². The van der Waals surface area contributed by atoms with Gasteiger partial charge in [-0.15, -0.1) is 0 Å². The van der Waals surface area contributed by atoms with Gasteiger partial charge in [0.25, 0.3) is 0 Å². The van der Waals surface area contributed by atoms with Crippen LogP contribution in [0.2, 0.25) is 10.0 Å². The van der Waals surface area contributed by atoms with E-state index in [0.29, 0.717) is 36.3 Å². The molecule has 1 heterocycles. The van der Waals surface area contributed by atoms with Crippen LogP contribution in [0.25, 0.3) is 0 Å². The molecular weight excluding hydrogens is 287 g/mol. The van der Waals surface area contributed by atoms with E-state index in [9.17, 15) is 4.79 Å². The van der Waals surface area contributed by atoms with Gasteiger partial charge in [0.2, 0.25) is 5.91 Å². The Morgan fingerprint density at radius 3 is 2.68 bits per heavy atom. The molecule has 0 aromatic heterocycles. The molecular formula is C13H16Cl2N2O2. The average Bonchev–Trinajstić information content (AvgIpc) is 2.37. The van der Waals surface area contributed by atoms with E-state index >= 15 is 0 Å². The molecule has 1 aromatic carbocycles. The van der Waals surface area contributed by atoms with Gasteiger partial charge in [-0.3, -0.25) is 4.79 Å². The molecule has 1 aromatic rings. The van der Waals surface area contributed by atoms with Gasteiger partial charge in [-0.05, 0) is 23.8 Å². The molecule has 0 bridgehead atoms. The van der Waals surface area contributed by atoms with Crippen molar-refractivity contribution in [2.45, 2.75) is 12.6 Å². The van der Waals surface area contributed by atoms with Crippen LogP contribution in [-0.2, 0) is 16.1 Å². The number of benzene rings is 1. The molecule has 1 fully saturated rings. The van der Waals surface area contributed by atoms with E-state index in [0.717, 1.165) is 5.56 Å². The van der Waals surface area contributed by atoms with Gasteiger partial charge in [-0.2, -0.15) is 0 Å². The van der Waals surface area contributed by atoms with Crippen LogP contribution in [0.15, 0.2) is 18.2 Å². The van der Waals surface area contributed by atoms with Crippen LogP contribution in [0.3, 0.4) is 0 Å². The first kappa shape index (κ1) is 14.6. The van der Waals surface area contributed by atoms with Crippen molar-refractivity contribution in [2.75, 3.05) is 26.8 Å². The summed E-state index contributed by atoms with van der Waals surface area (Å²) in [7, 11) is 1.76. The third-order valence-electron chi connectivity index (χ3n) is 2.94. The number of halogens is 2. The van der Waals surface area contributed by atoms with Crippen LogP contribution in [0.5, 0.6) is 0 Å². The lowest BCUT2D eigenvalue weighted by Gasteiger charge is -2.27. The Kier molecular flexibility index (Phi) is 5.05. The molecule has 1 atom stereocenters. The Bertz CT molecular complexity index is 442. The first-order chi connectivity index (χ1) is 9.06. The number of carbonyl (C=O) groups excluding carboxylic acids is 1. The highest BCUT2D eigenvalue weighted by Gasteiger charge is 2.24. The number of nitrogens with one attached hydrogen (secondary N) is 1. The van der Waals surface area contributed by atoms with Crippen molar-refractivity contribution in [1.29, 1.82) is 0 Å². The zero-order chi connectivity index (χ0) is 13.8.